The molecule has 1 aliphatic heterocycles. The first-order chi connectivity index (χ1) is 17.8. The summed E-state index contributed by atoms with van der Waals surface area (Å²) in [6, 6.07) is 8.86. The second-order valence-corrected chi connectivity index (χ2v) is 11.9. The van der Waals surface area contributed by atoms with Crippen molar-refractivity contribution in [1.82, 2.24) is 19.3 Å². The number of nitrogens with two attached hydrogens (primary N) is 1. The van der Waals surface area contributed by atoms with Crippen molar-refractivity contribution < 1.29 is 14.7 Å². The Hall–Kier alpha value is -3.08. The summed E-state index contributed by atoms with van der Waals surface area (Å²) in [7, 11) is 0. The van der Waals surface area contributed by atoms with Gasteiger partial charge in [-0.1, -0.05) is 36.2 Å². The number of imidazole rings is 1. The van der Waals surface area contributed by atoms with Crippen LogP contribution >= 0.6 is 22.7 Å². The second kappa shape index (κ2) is 10.4. The summed E-state index contributed by atoms with van der Waals surface area (Å²) in [6.45, 7) is 6.29. The van der Waals surface area contributed by atoms with Crippen molar-refractivity contribution in [2.24, 2.45) is 11.7 Å². The molecule has 194 valence electrons. The van der Waals surface area contributed by atoms with Crippen LogP contribution in [0.4, 0.5) is 0 Å². The van der Waals surface area contributed by atoms with Gasteiger partial charge in [-0.15, -0.1) is 22.7 Å². The van der Waals surface area contributed by atoms with Crippen molar-refractivity contribution in [3.8, 4) is 10.4 Å². The Kier molecular flexibility index (Phi) is 7.15. The zero-order valence-electron chi connectivity index (χ0n) is 21.2. The molecule has 1 aromatic carbocycles. The number of hydrogen-bond donors (Lipinski definition) is 2. The lowest BCUT2D eigenvalue weighted by Gasteiger charge is -2.29. The highest BCUT2D eigenvalue weighted by Gasteiger charge is 2.46. The first-order valence-electron chi connectivity index (χ1n) is 12.5. The number of carbonyl (C=O) groups excluding carboxylic acids is 1. The van der Waals surface area contributed by atoms with Crippen LogP contribution in [0.5, 0.6) is 0 Å². The van der Waals surface area contributed by atoms with Gasteiger partial charge in [0.2, 0.25) is 0 Å². The quantitative estimate of drug-likeness (QED) is 0.371. The van der Waals surface area contributed by atoms with Crippen molar-refractivity contribution in [3.63, 3.8) is 0 Å². The molecule has 0 unspecified atom stereocenters. The third kappa shape index (κ3) is 4.81. The number of carbonyl (C=O) groups is 2. The van der Waals surface area contributed by atoms with Crippen molar-refractivity contribution in [3.05, 3.63) is 63.5 Å². The minimum absolute atomic E-state index is 0.0739. The molecule has 4 heterocycles. The molecule has 6 rings (SSSR count). The average Bonchev–Trinajstić information content (AvgIpc) is 3.65. The number of rotatable bonds is 4. The number of amides is 1. The fourth-order valence-electron chi connectivity index (χ4n) is 5.66. The number of hydrogen-bond acceptors (Lipinski definition) is 7. The summed E-state index contributed by atoms with van der Waals surface area (Å²) < 4.78 is 1.59. The van der Waals surface area contributed by atoms with E-state index < -0.39 is 5.97 Å². The third-order valence-electron chi connectivity index (χ3n) is 7.34. The van der Waals surface area contributed by atoms with Gasteiger partial charge in [-0.05, 0) is 51.5 Å². The van der Waals surface area contributed by atoms with E-state index in [1.807, 2.05) is 12.3 Å². The minimum atomic E-state index is -0.932. The van der Waals surface area contributed by atoms with Gasteiger partial charge in [0.15, 0.2) is 10.7 Å². The van der Waals surface area contributed by atoms with Gasteiger partial charge in [0.1, 0.15) is 5.69 Å². The topological polar surface area (TPSA) is 114 Å². The number of aromatic nitrogens is 3. The first-order valence-corrected chi connectivity index (χ1v) is 14.2. The van der Waals surface area contributed by atoms with Crippen molar-refractivity contribution in [2.75, 3.05) is 6.54 Å². The Morgan fingerprint density at radius 3 is 2.59 bits per heavy atom. The van der Waals surface area contributed by atoms with E-state index in [1.54, 1.807) is 28.9 Å². The monoisotopic (exact) mass is 537 g/mol. The van der Waals surface area contributed by atoms with Gasteiger partial charge in [-0.3, -0.25) is 9.20 Å². The number of aromatic carboxylic acids is 1. The molecule has 1 amide bonds. The molecule has 3 atom stereocenters. The lowest BCUT2D eigenvalue weighted by molar-refractivity contribution is 0.0658. The Morgan fingerprint density at radius 2 is 1.89 bits per heavy atom. The standard InChI is InChI=1S/C20H25N3OS.C7H6N2O2S/c1-12-6-8-14(9-7-12)19-18(22-13(2)25-19)20(24)23-16(11-21)10-15-4-3-5-17(15)23;1-4-5(6(10)11)9-2-3-12-7(9)8-4/h6-9,15-17H,3-5,10-11,21H2,1-2H3;2-3H,1H3,(H,10,11)/t15-,16-,17-;/m0./s1. The van der Waals surface area contributed by atoms with E-state index in [1.165, 1.54) is 29.7 Å². The summed E-state index contributed by atoms with van der Waals surface area (Å²) >= 11 is 3.03. The van der Waals surface area contributed by atoms with Gasteiger partial charge < -0.3 is 15.7 Å². The maximum Gasteiger partial charge on any atom is 0.354 e. The molecule has 37 heavy (non-hydrogen) atoms. The molecular weight excluding hydrogens is 506 g/mol. The molecule has 1 saturated carbocycles. The number of carboxylic acid groups (broad SMARTS) is 1. The molecule has 2 aliphatic rings. The molecule has 10 heteroatoms. The second-order valence-electron chi connectivity index (χ2n) is 9.78. The number of carboxylic acids is 1. The van der Waals surface area contributed by atoms with Gasteiger partial charge >= 0.3 is 5.97 Å². The highest BCUT2D eigenvalue weighted by atomic mass is 32.1. The van der Waals surface area contributed by atoms with E-state index in [0.717, 1.165) is 33.3 Å². The molecule has 3 N–H and O–H groups in total. The number of nitrogens with zero attached hydrogens (tertiary/aromatic N) is 4. The Morgan fingerprint density at radius 1 is 1.14 bits per heavy atom. The summed E-state index contributed by atoms with van der Waals surface area (Å²) in [5, 5.41) is 11.6. The minimum Gasteiger partial charge on any atom is -0.477 e. The maximum atomic E-state index is 13.4. The molecule has 1 saturated heterocycles. The van der Waals surface area contributed by atoms with Crippen LogP contribution in [0.15, 0.2) is 35.8 Å². The van der Waals surface area contributed by atoms with Crippen LogP contribution in [-0.2, 0) is 0 Å². The van der Waals surface area contributed by atoms with Gasteiger partial charge in [0.25, 0.3) is 5.91 Å². The van der Waals surface area contributed by atoms with E-state index in [-0.39, 0.29) is 17.6 Å². The molecular formula is C27H31N5O3S2. The summed E-state index contributed by atoms with van der Waals surface area (Å²) in [4.78, 5) is 36.7. The van der Waals surface area contributed by atoms with Gasteiger partial charge in [-0.2, -0.15) is 0 Å². The number of benzene rings is 1. The van der Waals surface area contributed by atoms with Crippen molar-refractivity contribution >= 4 is 39.5 Å². The Balaban J connectivity index is 0.000000195. The lowest BCUT2D eigenvalue weighted by Crippen LogP contribution is -2.44. The fraction of sp³-hybridized carbons (Fsp3) is 0.407. The zero-order chi connectivity index (χ0) is 26.3. The molecule has 3 aromatic heterocycles. The highest BCUT2D eigenvalue weighted by Crippen LogP contribution is 2.42. The van der Waals surface area contributed by atoms with Crippen LogP contribution < -0.4 is 5.73 Å². The first kappa shape index (κ1) is 25.6. The molecule has 2 fully saturated rings. The molecule has 8 nitrogen and oxygen atoms in total. The van der Waals surface area contributed by atoms with Crippen LogP contribution in [-0.4, -0.2) is 54.9 Å². The van der Waals surface area contributed by atoms with Crippen molar-refractivity contribution in [2.45, 2.75) is 58.5 Å². The summed E-state index contributed by atoms with van der Waals surface area (Å²) in [5.74, 6) is -0.233. The van der Waals surface area contributed by atoms with Crippen molar-refractivity contribution in [1.29, 1.82) is 0 Å². The number of thiazole rings is 2. The number of likely N-dealkylation sites (tertiary alicyclic amines) is 1. The molecule has 0 radical (unpaired) electrons. The van der Waals surface area contributed by atoms with E-state index in [2.05, 4.69) is 46.1 Å². The molecule has 0 bridgehead atoms. The smallest absolute Gasteiger partial charge is 0.354 e. The van der Waals surface area contributed by atoms with Crippen LogP contribution in [0, 0.1) is 26.7 Å². The largest absolute Gasteiger partial charge is 0.477 e. The lowest BCUT2D eigenvalue weighted by atomic mass is 10.0. The average molecular weight is 538 g/mol. The molecule has 4 aromatic rings. The Labute approximate surface area is 223 Å². The normalized spacial score (nSPS) is 20.6. The summed E-state index contributed by atoms with van der Waals surface area (Å²) in [5.41, 5.74) is 9.72. The maximum absolute atomic E-state index is 13.4. The number of fused-ring (bicyclic) bond motifs is 2. The van der Waals surface area contributed by atoms with Crippen LogP contribution in [0.3, 0.4) is 0 Å². The van der Waals surface area contributed by atoms with Gasteiger partial charge in [0, 0.05) is 30.2 Å². The van der Waals surface area contributed by atoms with Crippen LogP contribution in [0.2, 0.25) is 0 Å². The van der Waals surface area contributed by atoms with E-state index in [4.69, 9.17) is 10.8 Å². The van der Waals surface area contributed by atoms with E-state index >= 15 is 0 Å². The number of aryl methyl sites for hydroxylation is 3. The predicted octanol–water partition coefficient (Wildman–Crippen LogP) is 5.17. The van der Waals surface area contributed by atoms with E-state index in [9.17, 15) is 9.59 Å². The SMILES string of the molecule is Cc1ccc(-c2sc(C)nc2C(=O)N2[C@H](CN)C[C@@H]3CCC[C@@H]32)cc1.Cc1nc2sccn2c1C(=O)O. The molecule has 0 spiro atoms. The van der Waals surface area contributed by atoms with Gasteiger partial charge in [-0.25, -0.2) is 14.8 Å². The Bertz CT molecular complexity index is 1440. The zero-order valence-corrected chi connectivity index (χ0v) is 22.8. The molecule has 1 aliphatic carbocycles. The van der Waals surface area contributed by atoms with E-state index in [0.29, 0.717) is 29.9 Å². The van der Waals surface area contributed by atoms with Crippen LogP contribution in [0.25, 0.3) is 15.4 Å². The fourth-order valence-corrected chi connectivity index (χ4v) is 7.34. The summed E-state index contributed by atoms with van der Waals surface area (Å²) in [6.07, 6.45) is 6.32. The third-order valence-corrected chi connectivity index (χ3v) is 9.12. The van der Waals surface area contributed by atoms with Crippen LogP contribution in [0.1, 0.15) is 62.9 Å². The predicted molar refractivity (Wildman–Crippen MR) is 147 cm³/mol. The highest BCUT2D eigenvalue weighted by molar-refractivity contribution is 7.15. The van der Waals surface area contributed by atoms with Gasteiger partial charge in [0.05, 0.1) is 15.6 Å².